The van der Waals surface area contributed by atoms with Crippen LogP contribution in [-0.2, 0) is 9.59 Å². The van der Waals surface area contributed by atoms with Gasteiger partial charge in [-0.3, -0.25) is 19.3 Å². The van der Waals surface area contributed by atoms with E-state index in [9.17, 15) is 24.3 Å². The van der Waals surface area contributed by atoms with Crippen molar-refractivity contribution >= 4 is 46.5 Å². The summed E-state index contributed by atoms with van der Waals surface area (Å²) >= 11 is 0.703. The Hall–Kier alpha value is -3.79. The summed E-state index contributed by atoms with van der Waals surface area (Å²) in [5.41, 5.74) is 0.954. The van der Waals surface area contributed by atoms with E-state index >= 15 is 0 Å². The number of carboxylic acids is 1. The fourth-order valence-corrected chi connectivity index (χ4v) is 3.56. The molecule has 0 aliphatic carbocycles. The van der Waals surface area contributed by atoms with Crippen LogP contribution in [0.1, 0.15) is 22.8 Å². The Balaban J connectivity index is 1.68. The minimum atomic E-state index is -1.09. The molecule has 1 saturated heterocycles. The van der Waals surface area contributed by atoms with E-state index < -0.39 is 29.6 Å². The number of nitrogens with zero attached hydrogens (tertiary/aromatic N) is 1. The van der Waals surface area contributed by atoms with Crippen LogP contribution < -0.4 is 10.1 Å². The Bertz CT molecular complexity index is 1080. The predicted molar refractivity (Wildman–Crippen MR) is 114 cm³/mol. The average Bonchev–Trinajstić information content (AvgIpc) is 2.98. The maximum absolute atomic E-state index is 12.6. The Labute approximate surface area is 181 Å². The van der Waals surface area contributed by atoms with Crippen LogP contribution in [0, 0.1) is 0 Å². The number of benzene rings is 2. The number of carbonyl (C=O) groups is 4. The normalized spacial score (nSPS) is 14.7. The summed E-state index contributed by atoms with van der Waals surface area (Å²) in [4.78, 5) is 48.9. The number of hydrogen-bond acceptors (Lipinski definition) is 7. The quantitative estimate of drug-likeness (QED) is 0.557. The number of carbonyl (C=O) groups excluding carboxylic acids is 3. The molecule has 1 fully saturated rings. The number of aromatic carboxylic acids is 1. The van der Waals surface area contributed by atoms with Crippen molar-refractivity contribution in [2.75, 3.05) is 18.5 Å². The zero-order chi connectivity index (χ0) is 22.5. The number of hydrogen-bond donors (Lipinski definition) is 3. The van der Waals surface area contributed by atoms with E-state index in [1.165, 1.54) is 36.4 Å². The van der Waals surface area contributed by atoms with Crippen molar-refractivity contribution < 1.29 is 34.1 Å². The molecule has 2 aromatic carbocycles. The van der Waals surface area contributed by atoms with Crippen LogP contribution >= 0.6 is 11.8 Å². The molecule has 0 atom stereocenters. The van der Waals surface area contributed by atoms with Crippen molar-refractivity contribution in [1.82, 2.24) is 4.90 Å². The highest BCUT2D eigenvalue weighted by Gasteiger charge is 2.36. The number of rotatable bonds is 7. The minimum Gasteiger partial charge on any atom is -0.504 e. The van der Waals surface area contributed by atoms with E-state index in [4.69, 9.17) is 9.84 Å². The Morgan fingerprint density at radius 2 is 1.87 bits per heavy atom. The molecule has 10 heteroatoms. The van der Waals surface area contributed by atoms with Gasteiger partial charge in [0.2, 0.25) is 5.91 Å². The number of anilines is 1. The Morgan fingerprint density at radius 3 is 2.52 bits per heavy atom. The molecule has 2 aromatic rings. The van der Waals surface area contributed by atoms with Crippen LogP contribution in [0.2, 0.25) is 0 Å². The molecule has 0 radical (unpaired) electrons. The molecule has 1 aliphatic heterocycles. The molecule has 160 valence electrons. The Kier molecular flexibility index (Phi) is 6.61. The summed E-state index contributed by atoms with van der Waals surface area (Å²) in [5.74, 6) is -2.10. The fraction of sp³-hybridized carbons (Fsp3) is 0.143. The molecule has 0 bridgehead atoms. The van der Waals surface area contributed by atoms with Crippen LogP contribution in [0.4, 0.5) is 10.5 Å². The number of aromatic hydroxyl groups is 1. The van der Waals surface area contributed by atoms with Gasteiger partial charge in [0.1, 0.15) is 6.54 Å². The predicted octanol–water partition coefficient (Wildman–Crippen LogP) is 3.16. The van der Waals surface area contributed by atoms with Crippen molar-refractivity contribution in [2.45, 2.75) is 6.92 Å². The number of thioether (sulfide) groups is 1. The zero-order valence-electron chi connectivity index (χ0n) is 16.3. The molecule has 0 saturated carbocycles. The zero-order valence-corrected chi connectivity index (χ0v) is 17.1. The average molecular weight is 442 g/mol. The first-order valence-electron chi connectivity index (χ1n) is 9.13. The van der Waals surface area contributed by atoms with E-state index in [2.05, 4.69) is 5.32 Å². The maximum Gasteiger partial charge on any atom is 0.335 e. The summed E-state index contributed by atoms with van der Waals surface area (Å²) < 4.78 is 5.31. The van der Waals surface area contributed by atoms with Gasteiger partial charge < -0.3 is 20.3 Å². The van der Waals surface area contributed by atoms with Crippen LogP contribution in [0.5, 0.6) is 11.5 Å². The van der Waals surface area contributed by atoms with Gasteiger partial charge >= 0.3 is 5.97 Å². The van der Waals surface area contributed by atoms with Crippen molar-refractivity contribution in [3.63, 3.8) is 0 Å². The number of nitrogens with one attached hydrogen (secondary N) is 1. The third-order valence-corrected chi connectivity index (χ3v) is 5.08. The molecule has 31 heavy (non-hydrogen) atoms. The molecule has 0 aromatic heterocycles. The van der Waals surface area contributed by atoms with E-state index in [0.29, 0.717) is 29.6 Å². The van der Waals surface area contributed by atoms with Gasteiger partial charge in [-0.05, 0) is 66.7 Å². The minimum absolute atomic E-state index is 0.0415. The van der Waals surface area contributed by atoms with Gasteiger partial charge in [-0.25, -0.2) is 4.79 Å². The van der Waals surface area contributed by atoms with E-state index in [1.807, 2.05) is 0 Å². The first kappa shape index (κ1) is 21.9. The molecule has 1 aliphatic rings. The molecular weight excluding hydrogens is 424 g/mol. The van der Waals surface area contributed by atoms with Crippen LogP contribution in [0.15, 0.2) is 47.4 Å². The van der Waals surface area contributed by atoms with Gasteiger partial charge in [-0.1, -0.05) is 6.07 Å². The van der Waals surface area contributed by atoms with Crippen LogP contribution in [0.25, 0.3) is 6.08 Å². The van der Waals surface area contributed by atoms with E-state index in [0.717, 1.165) is 4.90 Å². The number of phenolic OH excluding ortho intramolecular Hbond substituents is 1. The number of phenols is 1. The first-order valence-corrected chi connectivity index (χ1v) is 9.94. The van der Waals surface area contributed by atoms with Crippen molar-refractivity contribution in [1.29, 1.82) is 0 Å². The van der Waals surface area contributed by atoms with E-state index in [1.54, 1.807) is 19.1 Å². The molecule has 1 heterocycles. The second kappa shape index (κ2) is 9.35. The summed E-state index contributed by atoms with van der Waals surface area (Å²) in [6.45, 7) is 1.63. The van der Waals surface area contributed by atoms with Gasteiger partial charge in [0, 0.05) is 5.69 Å². The number of ether oxygens (including phenoxy) is 1. The van der Waals surface area contributed by atoms with Crippen molar-refractivity contribution in [2.24, 2.45) is 0 Å². The smallest absolute Gasteiger partial charge is 0.335 e. The number of imide groups is 1. The van der Waals surface area contributed by atoms with Gasteiger partial charge in [0.05, 0.1) is 17.1 Å². The topological polar surface area (TPSA) is 133 Å². The van der Waals surface area contributed by atoms with E-state index in [-0.39, 0.29) is 22.0 Å². The third-order valence-electron chi connectivity index (χ3n) is 4.17. The maximum atomic E-state index is 12.6. The number of amides is 3. The summed E-state index contributed by atoms with van der Waals surface area (Å²) in [6.07, 6.45) is 1.48. The highest BCUT2D eigenvalue weighted by Crippen LogP contribution is 2.34. The van der Waals surface area contributed by atoms with Gasteiger partial charge in [-0.15, -0.1) is 0 Å². The largest absolute Gasteiger partial charge is 0.504 e. The SMILES string of the molecule is CCOc1cc(/C=C2\SC(=O)N(CC(=O)Nc3ccc(C(=O)O)cc3)C2=O)ccc1O. The summed E-state index contributed by atoms with van der Waals surface area (Å²) in [6, 6.07) is 10.0. The van der Waals surface area contributed by atoms with Crippen LogP contribution in [0.3, 0.4) is 0 Å². The Morgan fingerprint density at radius 1 is 1.16 bits per heavy atom. The molecule has 3 rings (SSSR count). The lowest BCUT2D eigenvalue weighted by Crippen LogP contribution is -2.36. The van der Waals surface area contributed by atoms with Gasteiger partial charge in [-0.2, -0.15) is 0 Å². The molecule has 3 N–H and O–H groups in total. The second-order valence-electron chi connectivity index (χ2n) is 6.36. The standard InChI is InChI=1S/C21H18N2O7S/c1-2-30-16-9-12(3-8-15(16)24)10-17-19(26)23(21(29)31-17)11-18(25)22-14-6-4-13(5-7-14)20(27)28/h3-10,24H,2,11H2,1H3,(H,22,25)(H,27,28)/b17-10-. The monoisotopic (exact) mass is 442 g/mol. The fourth-order valence-electron chi connectivity index (χ4n) is 2.72. The lowest BCUT2D eigenvalue weighted by atomic mass is 10.2. The van der Waals surface area contributed by atoms with Crippen LogP contribution in [-0.4, -0.2) is 51.3 Å². The molecule has 0 spiro atoms. The molecular formula is C21H18N2O7S. The highest BCUT2D eigenvalue weighted by atomic mass is 32.2. The molecule has 3 amide bonds. The van der Waals surface area contributed by atoms with Gasteiger partial charge in [0.15, 0.2) is 11.5 Å². The molecule has 0 unspecified atom stereocenters. The lowest BCUT2D eigenvalue weighted by Gasteiger charge is -2.12. The summed E-state index contributed by atoms with van der Waals surface area (Å²) in [7, 11) is 0. The first-order chi connectivity index (χ1) is 14.8. The molecule has 9 nitrogen and oxygen atoms in total. The lowest BCUT2D eigenvalue weighted by molar-refractivity contribution is -0.127. The van der Waals surface area contributed by atoms with Crippen molar-refractivity contribution in [3.8, 4) is 11.5 Å². The second-order valence-corrected chi connectivity index (χ2v) is 7.35. The third kappa shape index (κ3) is 5.23. The summed E-state index contributed by atoms with van der Waals surface area (Å²) in [5, 5.41) is 20.6. The van der Waals surface area contributed by atoms with Gasteiger partial charge in [0.25, 0.3) is 11.1 Å². The van der Waals surface area contributed by atoms with Crippen molar-refractivity contribution in [3.05, 3.63) is 58.5 Å². The number of carboxylic acid groups (broad SMARTS) is 1. The highest BCUT2D eigenvalue weighted by molar-refractivity contribution is 8.18.